The Bertz CT molecular complexity index is 1470. The molecule has 5 nitrogen and oxygen atoms in total. The lowest BCUT2D eigenvalue weighted by Gasteiger charge is -2.25. The minimum Gasteiger partial charge on any atom is -0.342 e. The van der Waals surface area contributed by atoms with E-state index in [1.165, 1.54) is 47.1 Å². The van der Waals surface area contributed by atoms with Crippen molar-refractivity contribution in [1.82, 2.24) is 19.4 Å². The molecule has 1 N–H and O–H groups in total. The monoisotopic (exact) mass is 454 g/mol. The number of nitrogens with zero attached hydrogens (tertiary/aromatic N) is 3. The summed E-state index contributed by atoms with van der Waals surface area (Å²) in [6.07, 6.45) is 5.96. The Balaban J connectivity index is 1.39. The number of thiophene rings is 1. The van der Waals surface area contributed by atoms with Crippen molar-refractivity contribution in [3.05, 3.63) is 88.6 Å². The number of aromatic amines is 1. The van der Waals surface area contributed by atoms with Crippen molar-refractivity contribution in [2.45, 2.75) is 32.4 Å². The molecule has 0 atom stereocenters. The van der Waals surface area contributed by atoms with Gasteiger partial charge < -0.3 is 9.55 Å². The minimum atomic E-state index is -0.0312. The van der Waals surface area contributed by atoms with Gasteiger partial charge in [-0.2, -0.15) is 0 Å². The SMILES string of the molecule is O=c1[nH]c(CN2CCCCC2)nc2cc(-c3cn(Cc4ccccc4)c4ccccc34)sc12. The number of rotatable bonds is 5. The molecular weight excluding hydrogens is 428 g/mol. The molecule has 5 aromatic rings. The van der Waals surface area contributed by atoms with Crippen molar-refractivity contribution in [2.24, 2.45) is 0 Å². The fraction of sp³-hybridized carbons (Fsp3) is 0.259. The number of hydrogen-bond acceptors (Lipinski definition) is 4. The molecule has 6 heteroatoms. The maximum atomic E-state index is 12.9. The quantitative estimate of drug-likeness (QED) is 0.374. The molecule has 0 radical (unpaired) electrons. The van der Waals surface area contributed by atoms with Gasteiger partial charge in [0.15, 0.2) is 0 Å². The van der Waals surface area contributed by atoms with Crippen molar-refractivity contribution in [3.8, 4) is 10.4 Å². The Morgan fingerprint density at radius 2 is 1.73 bits per heavy atom. The van der Waals surface area contributed by atoms with Crippen LogP contribution in [-0.4, -0.2) is 32.5 Å². The lowest BCUT2D eigenvalue weighted by Crippen LogP contribution is -2.30. The molecule has 4 heterocycles. The molecule has 1 fully saturated rings. The van der Waals surface area contributed by atoms with E-state index in [0.29, 0.717) is 11.2 Å². The molecule has 6 rings (SSSR count). The Kier molecular flexibility index (Phi) is 5.32. The van der Waals surface area contributed by atoms with Crippen LogP contribution in [0.1, 0.15) is 30.7 Å². The molecule has 0 saturated carbocycles. The van der Waals surface area contributed by atoms with Gasteiger partial charge >= 0.3 is 0 Å². The average molecular weight is 455 g/mol. The first-order valence-corrected chi connectivity index (χ1v) is 12.4. The van der Waals surface area contributed by atoms with Crippen LogP contribution in [0.3, 0.4) is 0 Å². The van der Waals surface area contributed by atoms with E-state index in [9.17, 15) is 4.79 Å². The molecular formula is C27H26N4OS. The molecule has 0 aliphatic carbocycles. The van der Waals surface area contributed by atoms with Gasteiger partial charge in [0.1, 0.15) is 10.5 Å². The number of aromatic nitrogens is 3. The summed E-state index contributed by atoms with van der Waals surface area (Å²) < 4.78 is 3.00. The first kappa shape index (κ1) is 20.4. The van der Waals surface area contributed by atoms with Gasteiger partial charge in [0.2, 0.25) is 0 Å². The topological polar surface area (TPSA) is 53.9 Å². The second-order valence-electron chi connectivity index (χ2n) is 8.85. The third-order valence-corrected chi connectivity index (χ3v) is 7.66. The minimum absolute atomic E-state index is 0.0312. The van der Waals surface area contributed by atoms with Crippen molar-refractivity contribution in [3.63, 3.8) is 0 Å². The molecule has 166 valence electrons. The first-order valence-electron chi connectivity index (χ1n) is 11.6. The van der Waals surface area contributed by atoms with E-state index >= 15 is 0 Å². The molecule has 33 heavy (non-hydrogen) atoms. The predicted octanol–water partition coefficient (Wildman–Crippen LogP) is 5.64. The highest BCUT2D eigenvalue weighted by molar-refractivity contribution is 7.22. The molecule has 3 aromatic heterocycles. The van der Waals surface area contributed by atoms with E-state index in [4.69, 9.17) is 4.98 Å². The van der Waals surface area contributed by atoms with Gasteiger partial charge in [-0.1, -0.05) is 55.0 Å². The number of piperidine rings is 1. The van der Waals surface area contributed by atoms with Crippen LogP contribution in [0.15, 0.2) is 71.7 Å². The van der Waals surface area contributed by atoms with Crippen molar-refractivity contribution in [1.29, 1.82) is 0 Å². The zero-order chi connectivity index (χ0) is 22.2. The molecule has 2 aromatic carbocycles. The van der Waals surface area contributed by atoms with Gasteiger partial charge in [0, 0.05) is 34.1 Å². The van der Waals surface area contributed by atoms with E-state index in [0.717, 1.165) is 41.4 Å². The second-order valence-corrected chi connectivity index (χ2v) is 9.90. The predicted molar refractivity (Wildman–Crippen MR) is 136 cm³/mol. The highest BCUT2D eigenvalue weighted by atomic mass is 32.1. The van der Waals surface area contributed by atoms with Crippen molar-refractivity contribution >= 4 is 32.5 Å². The highest BCUT2D eigenvalue weighted by Crippen LogP contribution is 2.37. The molecule has 1 aliphatic rings. The van der Waals surface area contributed by atoms with Crippen LogP contribution in [0.4, 0.5) is 0 Å². The van der Waals surface area contributed by atoms with Crippen molar-refractivity contribution < 1.29 is 0 Å². The van der Waals surface area contributed by atoms with Crippen LogP contribution < -0.4 is 5.56 Å². The molecule has 1 saturated heterocycles. The number of fused-ring (bicyclic) bond motifs is 2. The van der Waals surface area contributed by atoms with Gasteiger partial charge in [-0.15, -0.1) is 11.3 Å². The lowest BCUT2D eigenvalue weighted by atomic mass is 10.1. The van der Waals surface area contributed by atoms with Crippen LogP contribution in [0.5, 0.6) is 0 Å². The summed E-state index contributed by atoms with van der Waals surface area (Å²) in [6, 6.07) is 21.1. The highest BCUT2D eigenvalue weighted by Gasteiger charge is 2.17. The first-order chi connectivity index (χ1) is 16.2. The summed E-state index contributed by atoms with van der Waals surface area (Å²) in [4.78, 5) is 24.2. The number of para-hydroxylation sites is 1. The zero-order valence-electron chi connectivity index (χ0n) is 18.5. The van der Waals surface area contributed by atoms with E-state index in [1.807, 2.05) is 6.07 Å². The van der Waals surface area contributed by atoms with E-state index < -0.39 is 0 Å². The Morgan fingerprint density at radius 3 is 2.58 bits per heavy atom. The lowest BCUT2D eigenvalue weighted by molar-refractivity contribution is 0.216. The summed E-state index contributed by atoms with van der Waals surface area (Å²) >= 11 is 1.53. The van der Waals surface area contributed by atoms with Crippen molar-refractivity contribution in [2.75, 3.05) is 13.1 Å². The van der Waals surface area contributed by atoms with Gasteiger partial charge in [-0.25, -0.2) is 4.98 Å². The summed E-state index contributed by atoms with van der Waals surface area (Å²) in [5, 5.41) is 1.20. The van der Waals surface area contributed by atoms with Gasteiger partial charge in [0.25, 0.3) is 5.56 Å². The summed E-state index contributed by atoms with van der Waals surface area (Å²) in [5.74, 6) is 0.769. The van der Waals surface area contributed by atoms with Crippen LogP contribution in [0.25, 0.3) is 31.6 Å². The maximum Gasteiger partial charge on any atom is 0.268 e. The smallest absolute Gasteiger partial charge is 0.268 e. The fourth-order valence-electron chi connectivity index (χ4n) is 4.88. The largest absolute Gasteiger partial charge is 0.342 e. The zero-order valence-corrected chi connectivity index (χ0v) is 19.3. The van der Waals surface area contributed by atoms with E-state index in [-0.39, 0.29) is 5.56 Å². The Hall–Kier alpha value is -3.22. The second kappa shape index (κ2) is 8.61. The fourth-order valence-corrected chi connectivity index (χ4v) is 5.90. The van der Waals surface area contributed by atoms with Gasteiger partial charge in [-0.05, 0) is 43.6 Å². The third kappa shape index (κ3) is 4.01. The summed E-state index contributed by atoms with van der Waals surface area (Å²) in [5.41, 5.74) is 4.38. The Labute approximate surface area is 196 Å². The standard InChI is InChI=1S/C27H26N4OS/c32-27-26-22(28-25(29-27)18-30-13-7-2-8-14-30)15-24(33-26)21-17-31(16-19-9-3-1-4-10-19)23-12-6-5-11-20(21)23/h1,3-6,9-12,15,17H,2,7-8,13-14,16,18H2,(H,28,29,32). The molecule has 0 bridgehead atoms. The molecule has 0 spiro atoms. The molecule has 0 unspecified atom stereocenters. The summed E-state index contributed by atoms with van der Waals surface area (Å²) in [7, 11) is 0. The molecule has 1 aliphatic heterocycles. The van der Waals surface area contributed by atoms with Gasteiger partial charge in [0.05, 0.1) is 12.1 Å². The maximum absolute atomic E-state index is 12.9. The van der Waals surface area contributed by atoms with Crippen LogP contribution in [-0.2, 0) is 13.1 Å². The number of likely N-dealkylation sites (tertiary alicyclic amines) is 1. The average Bonchev–Trinajstić information content (AvgIpc) is 3.43. The number of nitrogens with one attached hydrogen (secondary N) is 1. The van der Waals surface area contributed by atoms with Crippen LogP contribution >= 0.6 is 11.3 Å². The summed E-state index contributed by atoms with van der Waals surface area (Å²) in [6.45, 7) is 3.69. The number of benzene rings is 2. The molecule has 0 amide bonds. The van der Waals surface area contributed by atoms with E-state index in [2.05, 4.69) is 75.2 Å². The van der Waals surface area contributed by atoms with E-state index in [1.54, 1.807) is 0 Å². The number of hydrogen-bond donors (Lipinski definition) is 1. The number of H-pyrrole nitrogens is 1. The van der Waals surface area contributed by atoms with Crippen LogP contribution in [0, 0.1) is 0 Å². The Morgan fingerprint density at radius 1 is 0.939 bits per heavy atom. The third-order valence-electron chi connectivity index (χ3n) is 6.50. The normalized spacial score (nSPS) is 14.9. The van der Waals surface area contributed by atoms with Crippen LogP contribution in [0.2, 0.25) is 0 Å². The van der Waals surface area contributed by atoms with Gasteiger partial charge in [-0.3, -0.25) is 9.69 Å².